The predicted molar refractivity (Wildman–Crippen MR) is 110 cm³/mol. The van der Waals surface area contributed by atoms with Gasteiger partial charge in [-0.2, -0.15) is 5.26 Å². The minimum atomic E-state index is -1.28. The number of nitrogens with zero attached hydrogens (tertiary/aromatic N) is 4. The highest BCUT2D eigenvalue weighted by molar-refractivity contribution is 6.30. The second-order valence-electron chi connectivity index (χ2n) is 7.68. The lowest BCUT2D eigenvalue weighted by atomic mass is 9.83. The van der Waals surface area contributed by atoms with E-state index in [0.717, 1.165) is 16.5 Å². The second kappa shape index (κ2) is 7.67. The molecule has 3 amide bonds. The number of carbonyl (C=O) groups is 3. The first kappa shape index (κ1) is 20.8. The lowest BCUT2D eigenvalue weighted by Gasteiger charge is -2.57. The number of hydrogen-bond acceptors (Lipinski definition) is 4. The molecule has 7 nitrogen and oxygen atoms in total. The lowest BCUT2D eigenvalue weighted by Crippen LogP contribution is -2.81. The van der Waals surface area contributed by atoms with Gasteiger partial charge < -0.3 is 9.80 Å². The lowest BCUT2D eigenvalue weighted by molar-refractivity contribution is -0.169. The summed E-state index contributed by atoms with van der Waals surface area (Å²) in [5, 5.41) is 9.51. The van der Waals surface area contributed by atoms with Gasteiger partial charge in [-0.05, 0) is 35.9 Å². The molecule has 0 N–H and O–H groups in total. The highest BCUT2D eigenvalue weighted by Crippen LogP contribution is 2.37. The molecule has 0 aliphatic carbocycles. The number of carbonyl (C=O) groups excluding carboxylic acids is 3. The van der Waals surface area contributed by atoms with Gasteiger partial charge in [0, 0.05) is 18.5 Å². The zero-order chi connectivity index (χ0) is 22.3. The number of benzene rings is 2. The SMILES string of the molecule is CC(=O)N1CC2(C1)C(=O)N(c1ccc(C#N)cc1F)CC(=O)N2Cc1ccc(Cl)cc1. The maximum atomic E-state index is 14.6. The molecule has 0 aromatic heterocycles. The summed E-state index contributed by atoms with van der Waals surface area (Å²) < 4.78 is 14.6. The molecule has 2 aliphatic heterocycles. The maximum Gasteiger partial charge on any atom is 0.257 e. The Labute approximate surface area is 183 Å². The first-order chi connectivity index (χ1) is 14.7. The topological polar surface area (TPSA) is 84.7 Å². The van der Waals surface area contributed by atoms with E-state index in [2.05, 4.69) is 0 Å². The molecule has 158 valence electrons. The Morgan fingerprint density at radius 2 is 1.87 bits per heavy atom. The Morgan fingerprint density at radius 1 is 1.19 bits per heavy atom. The summed E-state index contributed by atoms with van der Waals surface area (Å²) in [6.07, 6.45) is 0. The number of anilines is 1. The summed E-state index contributed by atoms with van der Waals surface area (Å²) in [6.45, 7) is 1.29. The molecule has 0 radical (unpaired) electrons. The Balaban J connectivity index is 1.70. The highest BCUT2D eigenvalue weighted by Gasteiger charge is 2.60. The number of piperazine rings is 1. The van der Waals surface area contributed by atoms with Gasteiger partial charge in [-0.3, -0.25) is 19.3 Å². The van der Waals surface area contributed by atoms with Crippen molar-refractivity contribution in [3.8, 4) is 6.07 Å². The van der Waals surface area contributed by atoms with Crippen LogP contribution in [0, 0.1) is 17.1 Å². The third kappa shape index (κ3) is 3.51. The first-order valence-electron chi connectivity index (χ1n) is 9.57. The Kier molecular flexibility index (Phi) is 5.15. The number of halogens is 2. The van der Waals surface area contributed by atoms with Gasteiger partial charge in [-0.15, -0.1) is 0 Å². The van der Waals surface area contributed by atoms with Crippen molar-refractivity contribution in [3.05, 3.63) is 64.4 Å². The van der Waals surface area contributed by atoms with Gasteiger partial charge in [-0.1, -0.05) is 23.7 Å². The van der Waals surface area contributed by atoms with Crippen LogP contribution in [0.2, 0.25) is 5.02 Å². The minimum Gasteiger partial charge on any atom is -0.337 e. The van der Waals surface area contributed by atoms with Gasteiger partial charge in [0.2, 0.25) is 11.8 Å². The van der Waals surface area contributed by atoms with Crippen molar-refractivity contribution in [1.29, 1.82) is 5.26 Å². The summed E-state index contributed by atoms with van der Waals surface area (Å²) in [5.41, 5.74) is -0.447. The van der Waals surface area contributed by atoms with E-state index in [1.165, 1.54) is 28.9 Å². The molecule has 2 heterocycles. The Hall–Kier alpha value is -3.44. The average Bonchev–Trinajstić information content (AvgIpc) is 2.70. The normalized spacial score (nSPS) is 17.5. The van der Waals surface area contributed by atoms with E-state index >= 15 is 0 Å². The summed E-state index contributed by atoms with van der Waals surface area (Å²) in [5.74, 6) is -1.79. The van der Waals surface area contributed by atoms with Gasteiger partial charge in [-0.25, -0.2) is 4.39 Å². The molecule has 1 spiro atoms. The zero-order valence-corrected chi connectivity index (χ0v) is 17.4. The molecule has 0 atom stereocenters. The fraction of sp³-hybridized carbons (Fsp3) is 0.273. The summed E-state index contributed by atoms with van der Waals surface area (Å²) >= 11 is 5.94. The number of rotatable bonds is 3. The molecule has 4 rings (SSSR count). The highest BCUT2D eigenvalue weighted by atomic mass is 35.5. The van der Waals surface area contributed by atoms with E-state index in [1.807, 2.05) is 6.07 Å². The first-order valence-corrected chi connectivity index (χ1v) is 9.95. The van der Waals surface area contributed by atoms with E-state index in [1.54, 1.807) is 24.3 Å². The van der Waals surface area contributed by atoms with Crippen molar-refractivity contribution >= 4 is 35.0 Å². The quantitative estimate of drug-likeness (QED) is 0.733. The summed E-state index contributed by atoms with van der Waals surface area (Å²) in [4.78, 5) is 42.5. The number of hydrogen-bond donors (Lipinski definition) is 0. The van der Waals surface area contributed by atoms with Crippen LogP contribution in [0.15, 0.2) is 42.5 Å². The van der Waals surface area contributed by atoms with Crippen LogP contribution in [0.1, 0.15) is 18.1 Å². The molecule has 2 aromatic carbocycles. The molecular weight excluding hydrogens is 423 g/mol. The fourth-order valence-corrected chi connectivity index (χ4v) is 4.14. The molecule has 9 heteroatoms. The van der Waals surface area contributed by atoms with Crippen LogP contribution in [0.5, 0.6) is 0 Å². The molecule has 2 saturated heterocycles. The maximum absolute atomic E-state index is 14.6. The van der Waals surface area contributed by atoms with E-state index in [9.17, 15) is 18.8 Å². The predicted octanol–water partition coefficient (Wildman–Crippen LogP) is 2.33. The van der Waals surface area contributed by atoms with Gasteiger partial charge in [0.15, 0.2) is 5.54 Å². The van der Waals surface area contributed by atoms with Crippen molar-refractivity contribution in [2.75, 3.05) is 24.5 Å². The molecule has 0 bridgehead atoms. The number of likely N-dealkylation sites (tertiary alicyclic amines) is 1. The van der Waals surface area contributed by atoms with Crippen molar-refractivity contribution in [3.63, 3.8) is 0 Å². The fourth-order valence-electron chi connectivity index (χ4n) is 4.01. The van der Waals surface area contributed by atoms with Crippen LogP contribution in [0.3, 0.4) is 0 Å². The van der Waals surface area contributed by atoms with Gasteiger partial charge in [0.25, 0.3) is 5.91 Å². The number of amides is 3. The second-order valence-corrected chi connectivity index (χ2v) is 8.12. The standard InChI is InChI=1S/C22H18ClFN4O3/c1-14(29)26-12-22(13-26)21(31)27(19-7-4-16(9-25)8-18(19)24)11-20(30)28(22)10-15-2-5-17(23)6-3-15/h2-8H,10-13H2,1H3. The third-order valence-corrected chi connectivity index (χ3v) is 5.98. The molecule has 0 unspecified atom stereocenters. The van der Waals surface area contributed by atoms with Crippen LogP contribution in [0.4, 0.5) is 10.1 Å². The number of nitriles is 1. The van der Waals surface area contributed by atoms with Crippen molar-refractivity contribution in [2.45, 2.75) is 19.0 Å². The smallest absolute Gasteiger partial charge is 0.257 e. The van der Waals surface area contributed by atoms with Crippen molar-refractivity contribution in [2.24, 2.45) is 0 Å². The van der Waals surface area contributed by atoms with Gasteiger partial charge >= 0.3 is 0 Å². The largest absolute Gasteiger partial charge is 0.337 e. The van der Waals surface area contributed by atoms with Crippen molar-refractivity contribution in [1.82, 2.24) is 9.80 Å². The average molecular weight is 441 g/mol. The molecule has 31 heavy (non-hydrogen) atoms. The van der Waals surface area contributed by atoms with E-state index in [0.29, 0.717) is 5.02 Å². The molecule has 2 aromatic rings. The molecule has 0 saturated carbocycles. The zero-order valence-electron chi connectivity index (χ0n) is 16.6. The van der Waals surface area contributed by atoms with Crippen molar-refractivity contribution < 1.29 is 18.8 Å². The molecule has 2 aliphatic rings. The van der Waals surface area contributed by atoms with Crippen LogP contribution >= 0.6 is 11.6 Å². The minimum absolute atomic E-state index is 0.0366. The summed E-state index contributed by atoms with van der Waals surface area (Å²) in [6, 6.07) is 12.5. The van der Waals surface area contributed by atoms with E-state index in [4.69, 9.17) is 16.9 Å². The van der Waals surface area contributed by atoms with Crippen LogP contribution in [-0.4, -0.2) is 52.7 Å². The Bertz CT molecular complexity index is 1120. The van der Waals surface area contributed by atoms with Gasteiger partial charge in [0.1, 0.15) is 12.4 Å². The molecular formula is C22H18ClFN4O3. The van der Waals surface area contributed by atoms with E-state index in [-0.39, 0.29) is 49.2 Å². The van der Waals surface area contributed by atoms with Crippen LogP contribution < -0.4 is 4.90 Å². The molecule has 2 fully saturated rings. The van der Waals surface area contributed by atoms with E-state index < -0.39 is 17.3 Å². The van der Waals surface area contributed by atoms with Crippen LogP contribution in [-0.2, 0) is 20.9 Å². The van der Waals surface area contributed by atoms with Crippen LogP contribution in [0.25, 0.3) is 0 Å². The third-order valence-electron chi connectivity index (χ3n) is 5.73. The van der Waals surface area contributed by atoms with Gasteiger partial charge in [0.05, 0.1) is 30.4 Å². The monoisotopic (exact) mass is 440 g/mol. The summed E-state index contributed by atoms with van der Waals surface area (Å²) in [7, 11) is 0. The Morgan fingerprint density at radius 3 is 2.45 bits per heavy atom.